The first kappa shape index (κ1) is 13.9. The molecule has 1 aromatic carbocycles. The maximum Gasteiger partial charge on any atom is 0.161 e. The highest BCUT2D eigenvalue weighted by atomic mass is 16.6. The molecule has 1 aliphatic rings. The van der Waals surface area contributed by atoms with E-state index in [1.165, 1.54) is 0 Å². The summed E-state index contributed by atoms with van der Waals surface area (Å²) in [6, 6.07) is 6.35. The minimum atomic E-state index is 0.112. The summed E-state index contributed by atoms with van der Waals surface area (Å²) in [7, 11) is 1.95. The summed E-state index contributed by atoms with van der Waals surface area (Å²) in [6.07, 6.45) is 1.71. The fourth-order valence-corrected chi connectivity index (χ4v) is 2.56. The molecule has 112 valence electrons. The van der Waals surface area contributed by atoms with E-state index in [9.17, 15) is 0 Å². The quantitative estimate of drug-likeness (QED) is 0.932. The fourth-order valence-electron chi connectivity index (χ4n) is 2.56. The lowest BCUT2D eigenvalue weighted by molar-refractivity contribution is 0.171. The van der Waals surface area contributed by atoms with Gasteiger partial charge in [0.2, 0.25) is 0 Å². The summed E-state index contributed by atoms with van der Waals surface area (Å²) in [4.78, 5) is 0. The molecule has 3 rings (SSSR count). The Hall–Kier alpha value is -2.08. The largest absolute Gasteiger partial charge is 0.486 e. The summed E-state index contributed by atoms with van der Waals surface area (Å²) in [5, 5.41) is 11.6. The van der Waals surface area contributed by atoms with Crippen molar-refractivity contribution in [3.63, 3.8) is 0 Å². The normalized spacial score (nSPS) is 16.5. The highest BCUT2D eigenvalue weighted by molar-refractivity contribution is 5.44. The number of aromatic nitrogens is 3. The molecule has 0 spiro atoms. The van der Waals surface area contributed by atoms with E-state index in [2.05, 4.69) is 35.4 Å². The third kappa shape index (κ3) is 2.85. The highest BCUT2D eigenvalue weighted by Crippen LogP contribution is 2.33. The van der Waals surface area contributed by atoms with Gasteiger partial charge in [0.05, 0.1) is 6.04 Å². The van der Waals surface area contributed by atoms with E-state index in [0.29, 0.717) is 13.2 Å². The molecule has 2 atom stereocenters. The topological polar surface area (TPSA) is 61.2 Å². The number of aryl methyl sites for hydroxylation is 1. The standard InChI is InChI=1S/C15H20N4O2/c1-10(17-11(2)15-18-16-9-19(15)3)12-4-5-13-14(8-12)21-7-6-20-13/h4-5,8-11,17H,6-7H2,1-3H3. The van der Waals surface area contributed by atoms with Crippen LogP contribution in [0.15, 0.2) is 24.5 Å². The van der Waals surface area contributed by atoms with Crippen LogP contribution in [0.1, 0.15) is 37.3 Å². The molecule has 2 heterocycles. The van der Waals surface area contributed by atoms with Gasteiger partial charge < -0.3 is 19.4 Å². The first-order valence-corrected chi connectivity index (χ1v) is 7.14. The second kappa shape index (κ2) is 5.73. The fraction of sp³-hybridized carbons (Fsp3) is 0.467. The van der Waals surface area contributed by atoms with Crippen molar-refractivity contribution in [1.29, 1.82) is 0 Å². The van der Waals surface area contributed by atoms with Crippen LogP contribution in [-0.2, 0) is 7.05 Å². The van der Waals surface area contributed by atoms with Gasteiger partial charge in [-0.15, -0.1) is 10.2 Å². The van der Waals surface area contributed by atoms with Crippen LogP contribution < -0.4 is 14.8 Å². The molecule has 0 saturated carbocycles. The van der Waals surface area contributed by atoms with E-state index in [4.69, 9.17) is 9.47 Å². The Bertz CT molecular complexity index is 626. The molecule has 2 unspecified atom stereocenters. The lowest BCUT2D eigenvalue weighted by Crippen LogP contribution is -2.25. The Balaban J connectivity index is 1.73. The van der Waals surface area contributed by atoms with E-state index in [1.807, 2.05) is 23.7 Å². The first-order valence-electron chi connectivity index (χ1n) is 7.14. The molecule has 0 saturated heterocycles. The third-order valence-electron chi connectivity index (χ3n) is 3.70. The van der Waals surface area contributed by atoms with Gasteiger partial charge in [-0.05, 0) is 31.5 Å². The molecule has 1 aliphatic heterocycles. The van der Waals surface area contributed by atoms with Crippen molar-refractivity contribution < 1.29 is 9.47 Å². The molecule has 0 aliphatic carbocycles. The smallest absolute Gasteiger partial charge is 0.161 e. The van der Waals surface area contributed by atoms with Crippen LogP contribution in [-0.4, -0.2) is 28.0 Å². The van der Waals surface area contributed by atoms with Crippen LogP contribution in [0.3, 0.4) is 0 Å². The van der Waals surface area contributed by atoms with Gasteiger partial charge in [0, 0.05) is 13.1 Å². The number of nitrogens with one attached hydrogen (secondary N) is 1. The average molecular weight is 288 g/mol. The molecule has 2 aromatic rings. The Morgan fingerprint density at radius 3 is 2.62 bits per heavy atom. The molecule has 1 N–H and O–H groups in total. The van der Waals surface area contributed by atoms with Gasteiger partial charge >= 0.3 is 0 Å². The Morgan fingerprint density at radius 1 is 1.14 bits per heavy atom. The van der Waals surface area contributed by atoms with E-state index in [0.717, 1.165) is 22.9 Å². The summed E-state index contributed by atoms with van der Waals surface area (Å²) < 4.78 is 13.1. The van der Waals surface area contributed by atoms with Gasteiger partial charge in [-0.25, -0.2) is 0 Å². The SMILES string of the molecule is CC(NC(C)c1nncn1C)c1ccc2c(c1)OCCO2. The Morgan fingerprint density at radius 2 is 1.90 bits per heavy atom. The molecule has 6 heteroatoms. The molecule has 0 bridgehead atoms. The number of nitrogens with zero attached hydrogens (tertiary/aromatic N) is 3. The molecule has 0 radical (unpaired) electrons. The summed E-state index contributed by atoms with van der Waals surface area (Å²) in [6.45, 7) is 5.42. The van der Waals surface area contributed by atoms with Gasteiger partial charge in [-0.2, -0.15) is 0 Å². The summed E-state index contributed by atoms with van der Waals surface area (Å²) in [5.74, 6) is 2.55. The Kier molecular flexibility index (Phi) is 3.79. The van der Waals surface area contributed by atoms with Gasteiger partial charge in [0.1, 0.15) is 25.4 Å². The van der Waals surface area contributed by atoms with Crippen molar-refractivity contribution in [2.24, 2.45) is 7.05 Å². The van der Waals surface area contributed by atoms with E-state index >= 15 is 0 Å². The van der Waals surface area contributed by atoms with E-state index in [1.54, 1.807) is 6.33 Å². The zero-order valence-electron chi connectivity index (χ0n) is 12.5. The van der Waals surface area contributed by atoms with Crippen LogP contribution in [0.2, 0.25) is 0 Å². The van der Waals surface area contributed by atoms with Crippen molar-refractivity contribution in [2.45, 2.75) is 25.9 Å². The van der Waals surface area contributed by atoms with Crippen molar-refractivity contribution in [2.75, 3.05) is 13.2 Å². The zero-order chi connectivity index (χ0) is 14.8. The number of rotatable bonds is 4. The maximum absolute atomic E-state index is 5.63. The summed E-state index contributed by atoms with van der Waals surface area (Å²) >= 11 is 0. The monoisotopic (exact) mass is 288 g/mol. The highest BCUT2D eigenvalue weighted by Gasteiger charge is 2.18. The van der Waals surface area contributed by atoms with Gasteiger partial charge in [0.15, 0.2) is 11.5 Å². The zero-order valence-corrected chi connectivity index (χ0v) is 12.5. The minimum Gasteiger partial charge on any atom is -0.486 e. The second-order valence-corrected chi connectivity index (χ2v) is 5.31. The lowest BCUT2D eigenvalue weighted by atomic mass is 10.1. The molecule has 1 aromatic heterocycles. The Labute approximate surface area is 124 Å². The number of ether oxygens (including phenoxy) is 2. The van der Waals surface area contributed by atoms with Crippen molar-refractivity contribution in [1.82, 2.24) is 20.1 Å². The van der Waals surface area contributed by atoms with E-state index < -0.39 is 0 Å². The molecule has 0 amide bonds. The summed E-state index contributed by atoms with van der Waals surface area (Å²) in [5.41, 5.74) is 1.16. The van der Waals surface area contributed by atoms with Crippen molar-refractivity contribution >= 4 is 0 Å². The minimum absolute atomic E-state index is 0.112. The van der Waals surface area contributed by atoms with Crippen LogP contribution >= 0.6 is 0 Å². The van der Waals surface area contributed by atoms with Crippen molar-refractivity contribution in [3.8, 4) is 11.5 Å². The molecule has 21 heavy (non-hydrogen) atoms. The number of hydrogen-bond donors (Lipinski definition) is 1. The van der Waals surface area contributed by atoms with Gasteiger partial charge in [0.25, 0.3) is 0 Å². The third-order valence-corrected chi connectivity index (χ3v) is 3.70. The number of hydrogen-bond acceptors (Lipinski definition) is 5. The lowest BCUT2D eigenvalue weighted by Gasteiger charge is -2.23. The van der Waals surface area contributed by atoms with Gasteiger partial charge in [-0.1, -0.05) is 6.07 Å². The van der Waals surface area contributed by atoms with Crippen LogP contribution in [0, 0.1) is 0 Å². The van der Waals surface area contributed by atoms with Crippen LogP contribution in [0.5, 0.6) is 11.5 Å². The number of fused-ring (bicyclic) bond motifs is 1. The average Bonchev–Trinajstić information content (AvgIpc) is 2.93. The van der Waals surface area contributed by atoms with Crippen LogP contribution in [0.25, 0.3) is 0 Å². The molecule has 6 nitrogen and oxygen atoms in total. The predicted octanol–water partition coefficient (Wildman–Crippen LogP) is 2.00. The second-order valence-electron chi connectivity index (χ2n) is 5.31. The number of benzene rings is 1. The molecular formula is C15H20N4O2. The van der Waals surface area contributed by atoms with Crippen LogP contribution in [0.4, 0.5) is 0 Å². The molecular weight excluding hydrogens is 268 g/mol. The molecule has 0 fully saturated rings. The van der Waals surface area contributed by atoms with E-state index in [-0.39, 0.29) is 12.1 Å². The van der Waals surface area contributed by atoms with Crippen molar-refractivity contribution in [3.05, 3.63) is 35.9 Å². The first-order chi connectivity index (χ1) is 10.1. The predicted molar refractivity (Wildman–Crippen MR) is 78.4 cm³/mol. The maximum atomic E-state index is 5.63. The van der Waals surface area contributed by atoms with Gasteiger partial charge in [-0.3, -0.25) is 0 Å².